The quantitative estimate of drug-likeness (QED) is 0.679. The molecule has 0 aliphatic carbocycles. The summed E-state index contributed by atoms with van der Waals surface area (Å²) in [6.07, 6.45) is -1.68. The highest BCUT2D eigenvalue weighted by molar-refractivity contribution is 7.10. The molecule has 0 atom stereocenters. The van der Waals surface area contributed by atoms with E-state index >= 15 is 0 Å². The lowest BCUT2D eigenvalue weighted by atomic mass is 10.1. The summed E-state index contributed by atoms with van der Waals surface area (Å²) < 4.78 is 38.7. The smallest absolute Gasteiger partial charge is 0.345 e. The van der Waals surface area contributed by atoms with Gasteiger partial charge in [-0.15, -0.1) is 11.3 Å². The van der Waals surface area contributed by atoms with Crippen LogP contribution in [0.1, 0.15) is 4.88 Å². The van der Waals surface area contributed by atoms with Gasteiger partial charge in [-0.1, -0.05) is 11.6 Å². The molecule has 98 valence electrons. The number of alkyl halides is 3. The third-order valence-electron chi connectivity index (χ3n) is 2.64. The van der Waals surface area contributed by atoms with Crippen LogP contribution < -0.4 is 0 Å². The van der Waals surface area contributed by atoms with Crippen LogP contribution in [-0.2, 0) is 6.18 Å². The van der Waals surface area contributed by atoms with Crippen molar-refractivity contribution in [3.8, 4) is 11.1 Å². The average Bonchev–Trinajstić information content (AvgIpc) is 2.93. The number of fused-ring (bicyclic) bond motifs is 1. The first-order chi connectivity index (χ1) is 8.98. The number of nitrogens with zero attached hydrogens (tertiary/aromatic N) is 2. The Labute approximate surface area is 114 Å². The lowest BCUT2D eigenvalue weighted by molar-refractivity contribution is -0.133. The Morgan fingerprint density at radius 1 is 1.21 bits per heavy atom. The molecule has 0 saturated heterocycles. The maximum atomic E-state index is 12.9. The minimum absolute atomic E-state index is 0.0838. The van der Waals surface area contributed by atoms with Crippen molar-refractivity contribution in [2.45, 2.75) is 6.18 Å². The summed E-state index contributed by atoms with van der Waals surface area (Å²) in [4.78, 5) is 9.87. The fraction of sp³-hybridized carbons (Fsp3) is 0.0909. The van der Waals surface area contributed by atoms with E-state index in [1.165, 1.54) is 24.0 Å². The molecule has 0 fully saturated rings. The van der Waals surface area contributed by atoms with Crippen molar-refractivity contribution in [3.05, 3.63) is 34.0 Å². The van der Waals surface area contributed by atoms with Crippen molar-refractivity contribution in [2.24, 2.45) is 0 Å². The van der Waals surface area contributed by atoms with E-state index in [9.17, 15) is 13.2 Å². The van der Waals surface area contributed by atoms with E-state index in [1.807, 2.05) is 0 Å². The van der Waals surface area contributed by atoms with Gasteiger partial charge in [0.15, 0.2) is 0 Å². The molecule has 0 spiro atoms. The minimum Gasteiger partial charge on any atom is -0.345 e. The molecule has 0 aliphatic heterocycles. The first-order valence-electron chi connectivity index (χ1n) is 5.11. The first kappa shape index (κ1) is 12.4. The molecule has 0 saturated carbocycles. The molecule has 8 heteroatoms. The van der Waals surface area contributed by atoms with Crippen LogP contribution in [0, 0.1) is 0 Å². The van der Waals surface area contributed by atoms with Crippen LogP contribution in [0.15, 0.2) is 24.0 Å². The standard InChI is InChI=1S/C11H5ClF3N3S/c12-9-7-6(3-16-10(7)18-4-17-9)5-1-2-19-8(5)11(13,14)15/h1-4H,(H,16,17,18). The van der Waals surface area contributed by atoms with Crippen molar-refractivity contribution in [1.29, 1.82) is 0 Å². The van der Waals surface area contributed by atoms with Gasteiger partial charge in [-0.3, -0.25) is 0 Å². The van der Waals surface area contributed by atoms with Gasteiger partial charge in [0.1, 0.15) is 22.0 Å². The van der Waals surface area contributed by atoms with Crippen LogP contribution in [0.5, 0.6) is 0 Å². The molecular weight excluding hydrogens is 299 g/mol. The van der Waals surface area contributed by atoms with E-state index in [2.05, 4.69) is 15.0 Å². The Kier molecular flexibility index (Phi) is 2.75. The Balaban J connectivity index is 2.29. The predicted molar refractivity (Wildman–Crippen MR) is 67.2 cm³/mol. The molecule has 0 radical (unpaired) electrons. The third-order valence-corrected chi connectivity index (χ3v) is 3.88. The van der Waals surface area contributed by atoms with Gasteiger partial charge in [-0.05, 0) is 11.4 Å². The number of aromatic amines is 1. The van der Waals surface area contributed by atoms with Gasteiger partial charge in [0, 0.05) is 17.3 Å². The SMILES string of the molecule is FC(F)(F)c1sccc1-c1c[nH]c2ncnc(Cl)c12. The maximum absolute atomic E-state index is 12.9. The van der Waals surface area contributed by atoms with Gasteiger partial charge < -0.3 is 4.98 Å². The molecule has 3 heterocycles. The van der Waals surface area contributed by atoms with Crippen LogP contribution >= 0.6 is 22.9 Å². The Morgan fingerprint density at radius 2 is 2.00 bits per heavy atom. The summed E-state index contributed by atoms with van der Waals surface area (Å²) in [5.41, 5.74) is 0.851. The number of thiophene rings is 1. The summed E-state index contributed by atoms with van der Waals surface area (Å²) in [6, 6.07) is 1.42. The zero-order chi connectivity index (χ0) is 13.6. The molecule has 0 unspecified atom stereocenters. The molecule has 3 aromatic heterocycles. The fourth-order valence-corrected chi connectivity index (χ4v) is 2.89. The second-order valence-electron chi connectivity index (χ2n) is 3.75. The second kappa shape index (κ2) is 4.21. The number of rotatable bonds is 1. The first-order valence-corrected chi connectivity index (χ1v) is 6.37. The summed E-state index contributed by atoms with van der Waals surface area (Å²) in [6.45, 7) is 0. The highest BCUT2D eigenvalue weighted by Gasteiger charge is 2.35. The van der Waals surface area contributed by atoms with Crippen LogP contribution in [0.25, 0.3) is 22.2 Å². The second-order valence-corrected chi connectivity index (χ2v) is 5.03. The van der Waals surface area contributed by atoms with Crippen molar-refractivity contribution in [1.82, 2.24) is 15.0 Å². The topological polar surface area (TPSA) is 41.6 Å². The molecule has 3 nitrogen and oxygen atoms in total. The van der Waals surface area contributed by atoms with E-state index in [1.54, 1.807) is 0 Å². The fourth-order valence-electron chi connectivity index (χ4n) is 1.88. The molecule has 3 rings (SSSR count). The number of nitrogens with one attached hydrogen (secondary N) is 1. The molecule has 0 bridgehead atoms. The van der Waals surface area contributed by atoms with E-state index in [0.717, 1.165) is 0 Å². The number of aromatic nitrogens is 3. The van der Waals surface area contributed by atoms with Crippen molar-refractivity contribution in [3.63, 3.8) is 0 Å². The summed E-state index contributed by atoms with van der Waals surface area (Å²) >= 11 is 6.58. The number of halogens is 4. The summed E-state index contributed by atoms with van der Waals surface area (Å²) in [5, 5.41) is 1.92. The maximum Gasteiger partial charge on any atom is 0.426 e. The Hall–Kier alpha value is -1.60. The lowest BCUT2D eigenvalue weighted by Gasteiger charge is -2.06. The van der Waals surface area contributed by atoms with E-state index in [0.29, 0.717) is 27.9 Å². The Morgan fingerprint density at radius 3 is 2.74 bits per heavy atom. The molecule has 0 aliphatic rings. The predicted octanol–water partition coefficient (Wildman–Crippen LogP) is 4.36. The number of H-pyrrole nitrogens is 1. The molecule has 19 heavy (non-hydrogen) atoms. The molecule has 3 aromatic rings. The van der Waals surface area contributed by atoms with Crippen LogP contribution in [0.4, 0.5) is 13.2 Å². The highest BCUT2D eigenvalue weighted by Crippen LogP contribution is 2.43. The van der Waals surface area contributed by atoms with Crippen molar-refractivity contribution in [2.75, 3.05) is 0 Å². The molecular formula is C11H5ClF3N3S. The number of hydrogen-bond donors (Lipinski definition) is 1. The van der Waals surface area contributed by atoms with Gasteiger partial charge in [-0.25, -0.2) is 9.97 Å². The van der Waals surface area contributed by atoms with Crippen LogP contribution in [0.3, 0.4) is 0 Å². The van der Waals surface area contributed by atoms with Gasteiger partial charge in [0.25, 0.3) is 0 Å². The molecule has 0 aromatic carbocycles. The summed E-state index contributed by atoms with van der Waals surface area (Å²) in [7, 11) is 0. The van der Waals surface area contributed by atoms with Crippen molar-refractivity contribution >= 4 is 34.0 Å². The third kappa shape index (κ3) is 1.98. The van der Waals surface area contributed by atoms with Crippen molar-refractivity contribution < 1.29 is 13.2 Å². The molecule has 0 amide bonds. The van der Waals surface area contributed by atoms with E-state index in [-0.39, 0.29) is 10.7 Å². The lowest BCUT2D eigenvalue weighted by Crippen LogP contribution is -2.03. The number of hydrogen-bond acceptors (Lipinski definition) is 3. The Bertz CT molecular complexity index is 747. The van der Waals surface area contributed by atoms with Gasteiger partial charge in [0.05, 0.1) is 5.39 Å². The summed E-state index contributed by atoms with van der Waals surface area (Å²) in [5.74, 6) is 0. The largest absolute Gasteiger partial charge is 0.426 e. The van der Waals surface area contributed by atoms with Gasteiger partial charge >= 0.3 is 6.18 Å². The minimum atomic E-state index is -4.39. The van der Waals surface area contributed by atoms with Gasteiger partial charge in [-0.2, -0.15) is 13.2 Å². The highest BCUT2D eigenvalue weighted by atomic mass is 35.5. The van der Waals surface area contributed by atoms with Crippen LogP contribution in [-0.4, -0.2) is 15.0 Å². The molecule has 1 N–H and O–H groups in total. The van der Waals surface area contributed by atoms with Gasteiger partial charge in [0.2, 0.25) is 0 Å². The van der Waals surface area contributed by atoms with E-state index < -0.39 is 11.1 Å². The zero-order valence-corrected chi connectivity index (χ0v) is 10.7. The monoisotopic (exact) mass is 303 g/mol. The van der Waals surface area contributed by atoms with Crippen LogP contribution in [0.2, 0.25) is 5.15 Å². The zero-order valence-electron chi connectivity index (χ0n) is 9.12. The average molecular weight is 304 g/mol. The normalized spacial score (nSPS) is 12.2. The van der Waals surface area contributed by atoms with E-state index in [4.69, 9.17) is 11.6 Å².